The molecule has 0 atom stereocenters. The molecule has 3 aromatic rings. The highest BCUT2D eigenvalue weighted by Crippen LogP contribution is 2.30. The van der Waals surface area contributed by atoms with Crippen molar-refractivity contribution in [3.63, 3.8) is 0 Å². The Labute approximate surface area is 124 Å². The molecule has 0 saturated carbocycles. The lowest BCUT2D eigenvalue weighted by molar-refractivity contribution is 0.432. The summed E-state index contributed by atoms with van der Waals surface area (Å²) in [5.41, 5.74) is 8.97. The number of hydrogen-bond acceptors (Lipinski definition) is 5. The van der Waals surface area contributed by atoms with E-state index in [0.717, 1.165) is 15.6 Å². The number of halogens is 1. The van der Waals surface area contributed by atoms with Gasteiger partial charge in [-0.3, -0.25) is 4.98 Å². The Morgan fingerprint density at radius 2 is 2.05 bits per heavy atom. The number of pyridine rings is 1. The van der Waals surface area contributed by atoms with Crippen molar-refractivity contribution in [2.45, 2.75) is 6.92 Å². The van der Waals surface area contributed by atoms with E-state index in [-0.39, 0.29) is 0 Å². The molecule has 0 amide bonds. The van der Waals surface area contributed by atoms with Gasteiger partial charge in [-0.15, -0.1) is 0 Å². The Bertz CT molecular complexity index is 749. The van der Waals surface area contributed by atoms with Crippen LogP contribution in [0.1, 0.15) is 5.56 Å². The van der Waals surface area contributed by atoms with E-state index in [4.69, 9.17) is 10.3 Å². The fourth-order valence-electron chi connectivity index (χ4n) is 1.95. The van der Waals surface area contributed by atoms with Gasteiger partial charge in [0.1, 0.15) is 5.69 Å². The lowest BCUT2D eigenvalue weighted by Crippen LogP contribution is -1.93. The zero-order valence-electron chi connectivity index (χ0n) is 10.7. The SMILES string of the molecule is Cc1cccc(N)c1-c1nc(-c2ncccc2Br)no1. The minimum atomic E-state index is 0.396. The quantitative estimate of drug-likeness (QED) is 0.728. The van der Waals surface area contributed by atoms with E-state index in [0.29, 0.717) is 23.1 Å². The standard InChI is InChI=1S/C14H11BrN4O/c1-8-4-2-6-10(16)11(8)14-18-13(19-20-14)12-9(15)5-3-7-17-12/h2-7H,16H2,1H3. The van der Waals surface area contributed by atoms with E-state index >= 15 is 0 Å². The van der Waals surface area contributed by atoms with Crippen LogP contribution in [-0.4, -0.2) is 15.1 Å². The summed E-state index contributed by atoms with van der Waals surface area (Å²) in [5, 5.41) is 3.97. The first-order valence-corrected chi connectivity index (χ1v) is 6.76. The zero-order valence-corrected chi connectivity index (χ0v) is 12.3. The molecule has 0 saturated heterocycles. The minimum absolute atomic E-state index is 0.396. The van der Waals surface area contributed by atoms with Gasteiger partial charge < -0.3 is 10.3 Å². The predicted molar refractivity (Wildman–Crippen MR) is 79.8 cm³/mol. The normalized spacial score (nSPS) is 10.7. The molecule has 5 nitrogen and oxygen atoms in total. The Hall–Kier alpha value is -2.21. The molecule has 0 aliphatic rings. The molecule has 0 radical (unpaired) electrons. The van der Waals surface area contributed by atoms with Crippen LogP contribution in [0.3, 0.4) is 0 Å². The maximum Gasteiger partial charge on any atom is 0.260 e. The molecule has 0 aliphatic carbocycles. The Balaban J connectivity index is 2.10. The predicted octanol–water partition coefficient (Wildman–Crippen LogP) is 3.45. The summed E-state index contributed by atoms with van der Waals surface area (Å²) >= 11 is 3.42. The lowest BCUT2D eigenvalue weighted by Gasteiger charge is -2.03. The third-order valence-electron chi connectivity index (χ3n) is 2.92. The second-order valence-electron chi connectivity index (χ2n) is 4.30. The monoisotopic (exact) mass is 330 g/mol. The molecule has 20 heavy (non-hydrogen) atoms. The van der Waals surface area contributed by atoms with Crippen molar-refractivity contribution in [1.29, 1.82) is 0 Å². The van der Waals surface area contributed by atoms with E-state index < -0.39 is 0 Å². The molecule has 0 aliphatic heterocycles. The summed E-state index contributed by atoms with van der Waals surface area (Å²) in [5.74, 6) is 0.822. The molecule has 0 unspecified atom stereocenters. The topological polar surface area (TPSA) is 77.8 Å². The summed E-state index contributed by atoms with van der Waals surface area (Å²) < 4.78 is 6.13. The molecule has 2 heterocycles. The molecule has 0 fully saturated rings. The first-order chi connectivity index (χ1) is 9.66. The summed E-state index contributed by atoms with van der Waals surface area (Å²) in [6.45, 7) is 1.95. The molecule has 0 bridgehead atoms. The Morgan fingerprint density at radius 3 is 2.80 bits per heavy atom. The van der Waals surface area contributed by atoms with Crippen LogP contribution in [0.4, 0.5) is 5.69 Å². The molecule has 3 rings (SSSR count). The van der Waals surface area contributed by atoms with E-state index in [9.17, 15) is 0 Å². The highest BCUT2D eigenvalue weighted by Gasteiger charge is 2.17. The minimum Gasteiger partial charge on any atom is -0.398 e. The fourth-order valence-corrected chi connectivity index (χ4v) is 2.39. The molecule has 2 aromatic heterocycles. The van der Waals surface area contributed by atoms with E-state index in [2.05, 4.69) is 31.1 Å². The average Bonchev–Trinajstić information content (AvgIpc) is 2.88. The Kier molecular flexibility index (Phi) is 3.23. The number of nitrogens with two attached hydrogens (primary N) is 1. The number of nitrogens with zero attached hydrogens (tertiary/aromatic N) is 3. The zero-order chi connectivity index (χ0) is 14.1. The van der Waals surface area contributed by atoms with Crippen molar-refractivity contribution in [2.24, 2.45) is 0 Å². The molecule has 100 valence electrons. The van der Waals surface area contributed by atoms with Gasteiger partial charge in [-0.25, -0.2) is 0 Å². The van der Waals surface area contributed by atoms with Crippen molar-refractivity contribution in [2.75, 3.05) is 5.73 Å². The number of aromatic nitrogens is 3. The number of aryl methyl sites for hydroxylation is 1. The van der Waals surface area contributed by atoms with Crippen LogP contribution < -0.4 is 5.73 Å². The van der Waals surface area contributed by atoms with Gasteiger partial charge in [-0.1, -0.05) is 17.3 Å². The van der Waals surface area contributed by atoms with Gasteiger partial charge in [0.2, 0.25) is 5.82 Å². The van der Waals surface area contributed by atoms with Gasteiger partial charge in [0, 0.05) is 16.4 Å². The van der Waals surface area contributed by atoms with Crippen LogP contribution in [0, 0.1) is 6.92 Å². The first-order valence-electron chi connectivity index (χ1n) is 5.97. The average molecular weight is 331 g/mol. The Morgan fingerprint density at radius 1 is 1.20 bits per heavy atom. The number of anilines is 1. The van der Waals surface area contributed by atoms with Crippen LogP contribution in [0.15, 0.2) is 45.5 Å². The fraction of sp³-hybridized carbons (Fsp3) is 0.0714. The van der Waals surface area contributed by atoms with Crippen molar-refractivity contribution < 1.29 is 4.52 Å². The first kappa shape index (κ1) is 12.8. The van der Waals surface area contributed by atoms with Crippen LogP contribution >= 0.6 is 15.9 Å². The molecule has 2 N–H and O–H groups in total. The van der Waals surface area contributed by atoms with Crippen molar-refractivity contribution >= 4 is 21.6 Å². The van der Waals surface area contributed by atoms with Gasteiger partial charge in [0.05, 0.1) is 5.56 Å². The highest BCUT2D eigenvalue weighted by atomic mass is 79.9. The van der Waals surface area contributed by atoms with Crippen LogP contribution in [0.25, 0.3) is 23.0 Å². The third-order valence-corrected chi connectivity index (χ3v) is 3.56. The van der Waals surface area contributed by atoms with Crippen LogP contribution in [0.5, 0.6) is 0 Å². The van der Waals surface area contributed by atoms with Gasteiger partial charge in [0.25, 0.3) is 5.89 Å². The van der Waals surface area contributed by atoms with Gasteiger partial charge in [-0.05, 0) is 46.6 Å². The molecular weight excluding hydrogens is 320 g/mol. The van der Waals surface area contributed by atoms with E-state index in [1.807, 2.05) is 37.3 Å². The largest absolute Gasteiger partial charge is 0.398 e. The van der Waals surface area contributed by atoms with Crippen molar-refractivity contribution in [3.05, 3.63) is 46.6 Å². The van der Waals surface area contributed by atoms with Gasteiger partial charge >= 0.3 is 0 Å². The number of nitrogen functional groups attached to an aromatic ring is 1. The number of hydrogen-bond donors (Lipinski definition) is 1. The lowest BCUT2D eigenvalue weighted by atomic mass is 10.1. The third kappa shape index (κ3) is 2.18. The number of benzene rings is 1. The van der Waals surface area contributed by atoms with Crippen LogP contribution in [0.2, 0.25) is 0 Å². The maximum atomic E-state index is 5.98. The van der Waals surface area contributed by atoms with Crippen LogP contribution in [-0.2, 0) is 0 Å². The summed E-state index contributed by atoms with van der Waals surface area (Å²) in [6, 6.07) is 9.35. The molecule has 6 heteroatoms. The van der Waals surface area contributed by atoms with E-state index in [1.54, 1.807) is 6.20 Å². The highest BCUT2D eigenvalue weighted by molar-refractivity contribution is 9.10. The van der Waals surface area contributed by atoms with Crippen molar-refractivity contribution in [3.8, 4) is 23.0 Å². The van der Waals surface area contributed by atoms with Gasteiger partial charge in [-0.2, -0.15) is 4.98 Å². The maximum absolute atomic E-state index is 5.98. The molecule has 1 aromatic carbocycles. The second-order valence-corrected chi connectivity index (χ2v) is 5.15. The molecular formula is C14H11BrN4O. The number of rotatable bonds is 2. The summed E-state index contributed by atoms with van der Waals surface area (Å²) in [7, 11) is 0. The van der Waals surface area contributed by atoms with Gasteiger partial charge in [0.15, 0.2) is 0 Å². The summed E-state index contributed by atoms with van der Waals surface area (Å²) in [6.07, 6.45) is 1.68. The summed E-state index contributed by atoms with van der Waals surface area (Å²) in [4.78, 5) is 8.62. The smallest absolute Gasteiger partial charge is 0.260 e. The second kappa shape index (κ2) is 5.05. The van der Waals surface area contributed by atoms with E-state index in [1.165, 1.54) is 0 Å². The molecule has 0 spiro atoms. The van der Waals surface area contributed by atoms with Crippen molar-refractivity contribution in [1.82, 2.24) is 15.1 Å².